The van der Waals surface area contributed by atoms with Gasteiger partial charge in [0.15, 0.2) is 0 Å². The Labute approximate surface area is 114 Å². The van der Waals surface area contributed by atoms with Crippen molar-refractivity contribution in [1.29, 1.82) is 0 Å². The molecule has 0 aromatic carbocycles. The third-order valence-corrected chi connectivity index (χ3v) is 2.81. The first-order valence-corrected chi connectivity index (χ1v) is 6.66. The summed E-state index contributed by atoms with van der Waals surface area (Å²) >= 11 is 0. The quantitative estimate of drug-likeness (QED) is 0.910. The van der Waals surface area contributed by atoms with Crippen LogP contribution in [0.25, 0.3) is 11.3 Å². The first kappa shape index (κ1) is 13.5. The van der Waals surface area contributed by atoms with Gasteiger partial charge in [-0.2, -0.15) is 0 Å². The minimum Gasteiger partial charge on any atom is -0.370 e. The average Bonchev–Trinajstić information content (AvgIpc) is 2.38. The van der Waals surface area contributed by atoms with Crippen LogP contribution >= 0.6 is 0 Å². The number of aromatic nitrogens is 3. The van der Waals surface area contributed by atoms with E-state index in [9.17, 15) is 0 Å². The van der Waals surface area contributed by atoms with Gasteiger partial charge in [0.1, 0.15) is 11.6 Å². The molecule has 0 amide bonds. The van der Waals surface area contributed by atoms with Crippen molar-refractivity contribution < 1.29 is 0 Å². The zero-order valence-electron chi connectivity index (χ0n) is 11.9. The molecule has 0 atom stereocenters. The molecule has 0 radical (unpaired) electrons. The summed E-state index contributed by atoms with van der Waals surface area (Å²) < 4.78 is 0. The standard InChI is InChI=1S/C15H20N4/c1-5-16-14-9-13(18-15(19-14)10(2)3)12-6-7-17-11(4)8-12/h6-10H,5H2,1-4H3,(H,16,18,19). The molecule has 0 unspecified atom stereocenters. The van der Waals surface area contributed by atoms with Gasteiger partial charge >= 0.3 is 0 Å². The molecule has 0 fully saturated rings. The van der Waals surface area contributed by atoms with Gasteiger partial charge in [-0.25, -0.2) is 9.97 Å². The van der Waals surface area contributed by atoms with Gasteiger partial charge in [-0.3, -0.25) is 4.98 Å². The number of nitrogens with one attached hydrogen (secondary N) is 1. The molecular weight excluding hydrogens is 236 g/mol. The number of hydrogen-bond donors (Lipinski definition) is 1. The second-order valence-electron chi connectivity index (χ2n) is 4.87. The lowest BCUT2D eigenvalue weighted by Crippen LogP contribution is -2.06. The molecule has 1 N–H and O–H groups in total. The molecule has 19 heavy (non-hydrogen) atoms. The summed E-state index contributed by atoms with van der Waals surface area (Å²) in [5, 5.41) is 3.26. The summed E-state index contributed by atoms with van der Waals surface area (Å²) in [6.07, 6.45) is 1.81. The van der Waals surface area contributed by atoms with E-state index in [-0.39, 0.29) is 0 Å². The second kappa shape index (κ2) is 5.78. The van der Waals surface area contributed by atoms with Crippen molar-refractivity contribution in [1.82, 2.24) is 15.0 Å². The SMILES string of the molecule is CCNc1cc(-c2ccnc(C)c2)nc(C(C)C)n1. The molecule has 100 valence electrons. The van der Waals surface area contributed by atoms with Crippen LogP contribution in [0.1, 0.15) is 38.2 Å². The molecular formula is C15H20N4. The Bertz CT molecular complexity index is 564. The van der Waals surface area contributed by atoms with Gasteiger partial charge in [0.25, 0.3) is 0 Å². The predicted octanol–water partition coefficient (Wildman–Crippen LogP) is 3.40. The van der Waals surface area contributed by atoms with Crippen LogP contribution in [-0.4, -0.2) is 21.5 Å². The average molecular weight is 256 g/mol. The molecule has 0 saturated carbocycles. The minimum absolute atomic E-state index is 0.306. The van der Waals surface area contributed by atoms with Crippen LogP contribution in [0.3, 0.4) is 0 Å². The Kier molecular flexibility index (Phi) is 4.10. The minimum atomic E-state index is 0.306. The van der Waals surface area contributed by atoms with E-state index in [1.807, 2.05) is 31.3 Å². The van der Waals surface area contributed by atoms with Crippen molar-refractivity contribution in [3.63, 3.8) is 0 Å². The highest BCUT2D eigenvalue weighted by atomic mass is 15.0. The number of aryl methyl sites for hydroxylation is 1. The van der Waals surface area contributed by atoms with E-state index in [1.165, 1.54) is 0 Å². The maximum Gasteiger partial charge on any atom is 0.133 e. The van der Waals surface area contributed by atoms with Gasteiger partial charge in [0.2, 0.25) is 0 Å². The number of hydrogen-bond acceptors (Lipinski definition) is 4. The second-order valence-corrected chi connectivity index (χ2v) is 4.87. The maximum absolute atomic E-state index is 4.65. The molecule has 0 saturated heterocycles. The lowest BCUT2D eigenvalue weighted by molar-refractivity contribution is 0.776. The molecule has 2 rings (SSSR count). The van der Waals surface area contributed by atoms with Crippen LogP contribution in [0.2, 0.25) is 0 Å². The van der Waals surface area contributed by atoms with E-state index in [0.717, 1.165) is 35.1 Å². The summed E-state index contributed by atoms with van der Waals surface area (Å²) in [5.74, 6) is 2.05. The van der Waals surface area contributed by atoms with Crippen LogP contribution < -0.4 is 5.32 Å². The number of anilines is 1. The highest BCUT2D eigenvalue weighted by molar-refractivity contribution is 5.62. The molecule has 0 bridgehead atoms. The summed E-state index contributed by atoms with van der Waals surface area (Å²) in [6, 6.07) is 6.02. The molecule has 0 spiro atoms. The monoisotopic (exact) mass is 256 g/mol. The third-order valence-electron chi connectivity index (χ3n) is 2.81. The van der Waals surface area contributed by atoms with E-state index in [0.29, 0.717) is 5.92 Å². The van der Waals surface area contributed by atoms with E-state index in [1.54, 1.807) is 0 Å². The maximum atomic E-state index is 4.65. The van der Waals surface area contributed by atoms with Crippen LogP contribution in [0.15, 0.2) is 24.4 Å². The first-order valence-electron chi connectivity index (χ1n) is 6.66. The molecule has 0 aliphatic heterocycles. The van der Waals surface area contributed by atoms with Crippen LogP contribution in [0, 0.1) is 6.92 Å². The smallest absolute Gasteiger partial charge is 0.133 e. The molecule has 4 heteroatoms. The van der Waals surface area contributed by atoms with Gasteiger partial charge in [0, 0.05) is 36.0 Å². The van der Waals surface area contributed by atoms with Crippen molar-refractivity contribution in [2.45, 2.75) is 33.6 Å². The van der Waals surface area contributed by atoms with Crippen molar-refractivity contribution in [2.75, 3.05) is 11.9 Å². The normalized spacial score (nSPS) is 10.8. The number of rotatable bonds is 4. The van der Waals surface area contributed by atoms with Gasteiger partial charge in [-0.15, -0.1) is 0 Å². The Balaban J connectivity index is 2.49. The zero-order valence-corrected chi connectivity index (χ0v) is 11.9. The zero-order chi connectivity index (χ0) is 13.8. The van der Waals surface area contributed by atoms with Crippen molar-refractivity contribution in [3.8, 4) is 11.3 Å². The summed E-state index contributed by atoms with van der Waals surface area (Å²) in [4.78, 5) is 13.4. The van der Waals surface area contributed by atoms with Crippen LogP contribution in [0.4, 0.5) is 5.82 Å². The third kappa shape index (κ3) is 3.28. The first-order chi connectivity index (χ1) is 9.10. The van der Waals surface area contributed by atoms with Gasteiger partial charge in [0.05, 0.1) is 5.69 Å². The largest absolute Gasteiger partial charge is 0.370 e. The Hall–Kier alpha value is -1.97. The topological polar surface area (TPSA) is 50.7 Å². The molecule has 2 aromatic heterocycles. The van der Waals surface area contributed by atoms with Crippen molar-refractivity contribution in [3.05, 3.63) is 35.9 Å². The summed E-state index contributed by atoms with van der Waals surface area (Å²) in [6.45, 7) is 9.11. The van der Waals surface area contributed by atoms with E-state index in [2.05, 4.69) is 41.0 Å². The van der Waals surface area contributed by atoms with Gasteiger partial charge < -0.3 is 5.32 Å². The van der Waals surface area contributed by atoms with Crippen molar-refractivity contribution in [2.24, 2.45) is 0 Å². The molecule has 0 aliphatic rings. The lowest BCUT2D eigenvalue weighted by Gasteiger charge is -2.11. The lowest BCUT2D eigenvalue weighted by atomic mass is 10.1. The number of pyridine rings is 1. The van der Waals surface area contributed by atoms with E-state index in [4.69, 9.17) is 0 Å². The van der Waals surface area contributed by atoms with Gasteiger partial charge in [-0.05, 0) is 26.0 Å². The van der Waals surface area contributed by atoms with Gasteiger partial charge in [-0.1, -0.05) is 13.8 Å². The fourth-order valence-corrected chi connectivity index (χ4v) is 1.85. The van der Waals surface area contributed by atoms with E-state index >= 15 is 0 Å². The number of nitrogens with zero attached hydrogens (tertiary/aromatic N) is 3. The van der Waals surface area contributed by atoms with Crippen LogP contribution in [0.5, 0.6) is 0 Å². The fourth-order valence-electron chi connectivity index (χ4n) is 1.85. The molecule has 4 nitrogen and oxygen atoms in total. The van der Waals surface area contributed by atoms with Crippen molar-refractivity contribution >= 4 is 5.82 Å². The molecule has 0 aliphatic carbocycles. The molecule has 2 heterocycles. The summed E-state index contributed by atoms with van der Waals surface area (Å²) in [5.41, 5.74) is 3.02. The molecule has 2 aromatic rings. The highest BCUT2D eigenvalue weighted by Gasteiger charge is 2.09. The Morgan fingerprint density at radius 3 is 2.63 bits per heavy atom. The Morgan fingerprint density at radius 1 is 1.21 bits per heavy atom. The highest BCUT2D eigenvalue weighted by Crippen LogP contribution is 2.22. The Morgan fingerprint density at radius 2 is 2.00 bits per heavy atom. The predicted molar refractivity (Wildman–Crippen MR) is 78.3 cm³/mol. The van der Waals surface area contributed by atoms with Crippen LogP contribution in [-0.2, 0) is 0 Å². The fraction of sp³-hybridized carbons (Fsp3) is 0.400. The van der Waals surface area contributed by atoms with E-state index < -0.39 is 0 Å². The summed E-state index contributed by atoms with van der Waals surface area (Å²) in [7, 11) is 0.